The first-order valence-corrected chi connectivity index (χ1v) is 9.56. The molecule has 0 aliphatic carbocycles. The van der Waals surface area contributed by atoms with Crippen molar-refractivity contribution in [3.63, 3.8) is 0 Å². The molecule has 0 saturated carbocycles. The number of halogens is 4. The van der Waals surface area contributed by atoms with Crippen molar-refractivity contribution in [1.82, 2.24) is 24.6 Å². The highest BCUT2D eigenvalue weighted by molar-refractivity contribution is 5.93. The average molecular weight is 452 g/mol. The minimum Gasteiger partial charge on any atom is -0.319 e. The van der Waals surface area contributed by atoms with Gasteiger partial charge in [0.05, 0.1) is 11.1 Å². The molecule has 3 heterocycles. The normalized spacial score (nSPS) is 11.8. The third-order valence-electron chi connectivity index (χ3n) is 4.83. The maximum atomic E-state index is 13.3. The van der Waals surface area contributed by atoms with Gasteiger partial charge < -0.3 is 5.32 Å². The molecule has 0 aliphatic rings. The average Bonchev–Trinajstić information content (AvgIpc) is 3.13. The van der Waals surface area contributed by atoms with Crippen LogP contribution in [-0.4, -0.2) is 24.6 Å². The van der Waals surface area contributed by atoms with E-state index in [0.29, 0.717) is 5.56 Å². The minimum atomic E-state index is -4.57. The molecule has 2 aromatic carbocycles. The molecular weight excluding hydrogens is 440 g/mol. The van der Waals surface area contributed by atoms with E-state index in [-0.39, 0.29) is 34.0 Å². The first-order chi connectivity index (χ1) is 15.8. The molecular formula is C22H12F4N6O. The third kappa shape index (κ3) is 3.84. The van der Waals surface area contributed by atoms with Crippen molar-refractivity contribution in [2.24, 2.45) is 0 Å². The van der Waals surface area contributed by atoms with Crippen LogP contribution in [0.2, 0.25) is 0 Å². The maximum absolute atomic E-state index is 13.3. The van der Waals surface area contributed by atoms with Gasteiger partial charge in [-0.15, -0.1) is 5.10 Å². The van der Waals surface area contributed by atoms with Gasteiger partial charge in [-0.2, -0.15) is 17.7 Å². The van der Waals surface area contributed by atoms with E-state index in [2.05, 4.69) is 25.4 Å². The molecule has 11 heteroatoms. The maximum Gasteiger partial charge on any atom is 0.416 e. The van der Waals surface area contributed by atoms with Crippen LogP contribution in [0.4, 0.5) is 29.2 Å². The number of rotatable bonds is 3. The number of hydrogen-bond acceptors (Lipinski definition) is 6. The fraction of sp³-hybridized carbons (Fsp3) is 0.0455. The van der Waals surface area contributed by atoms with Crippen molar-refractivity contribution in [2.45, 2.75) is 6.18 Å². The standard InChI is InChI=1S/C22H12F4N6O/c23-14-7-4-12(5-8-14)18-30-19-15-11-13(22(24,25)26)6-9-16(15)28-21(32(19)31-18)29-17-3-1-2-10-27-20(17)33/h1-11H,(H,27,28,29,33). The second-order valence-electron chi connectivity index (χ2n) is 7.02. The number of nitrogens with one attached hydrogen (secondary N) is 1. The smallest absolute Gasteiger partial charge is 0.319 e. The minimum absolute atomic E-state index is 0.0446. The summed E-state index contributed by atoms with van der Waals surface area (Å²) in [5.74, 6) is -0.272. The van der Waals surface area contributed by atoms with Crippen molar-refractivity contribution in [3.8, 4) is 11.4 Å². The Morgan fingerprint density at radius 1 is 0.939 bits per heavy atom. The summed E-state index contributed by atoms with van der Waals surface area (Å²) in [6, 6.07) is 13.1. The molecule has 7 nitrogen and oxygen atoms in total. The van der Waals surface area contributed by atoms with Crippen LogP contribution in [0.1, 0.15) is 5.56 Å². The van der Waals surface area contributed by atoms with Gasteiger partial charge in [0.2, 0.25) is 5.95 Å². The molecule has 33 heavy (non-hydrogen) atoms. The van der Waals surface area contributed by atoms with Crippen LogP contribution in [0.3, 0.4) is 0 Å². The van der Waals surface area contributed by atoms with E-state index in [1.165, 1.54) is 47.1 Å². The van der Waals surface area contributed by atoms with Gasteiger partial charge in [-0.05, 0) is 54.6 Å². The first kappa shape index (κ1) is 20.5. The summed E-state index contributed by atoms with van der Waals surface area (Å²) in [4.78, 5) is 24.7. The summed E-state index contributed by atoms with van der Waals surface area (Å²) in [6.07, 6.45) is -3.23. The highest BCUT2D eigenvalue weighted by Crippen LogP contribution is 2.33. The van der Waals surface area contributed by atoms with Gasteiger partial charge in [0.15, 0.2) is 11.5 Å². The molecule has 5 aromatic rings. The number of fused-ring (bicyclic) bond motifs is 3. The van der Waals surface area contributed by atoms with E-state index in [9.17, 15) is 22.4 Å². The molecule has 3 aromatic heterocycles. The summed E-state index contributed by atoms with van der Waals surface area (Å²) in [6.45, 7) is 0. The zero-order valence-corrected chi connectivity index (χ0v) is 16.5. The van der Waals surface area contributed by atoms with Gasteiger partial charge in [-0.3, -0.25) is 4.79 Å². The van der Waals surface area contributed by atoms with Crippen molar-refractivity contribution in [1.29, 1.82) is 0 Å². The highest BCUT2D eigenvalue weighted by atomic mass is 19.4. The largest absolute Gasteiger partial charge is 0.416 e. The van der Waals surface area contributed by atoms with Crippen LogP contribution < -0.4 is 10.9 Å². The lowest BCUT2D eigenvalue weighted by molar-refractivity contribution is -0.137. The quantitative estimate of drug-likeness (QED) is 0.403. The zero-order chi connectivity index (χ0) is 23.2. The van der Waals surface area contributed by atoms with Crippen molar-refractivity contribution in [2.75, 3.05) is 5.32 Å². The van der Waals surface area contributed by atoms with Gasteiger partial charge in [-0.1, -0.05) is 6.07 Å². The van der Waals surface area contributed by atoms with Gasteiger partial charge in [0.25, 0.3) is 5.56 Å². The van der Waals surface area contributed by atoms with Crippen molar-refractivity contribution in [3.05, 3.63) is 88.6 Å². The van der Waals surface area contributed by atoms with Crippen LogP contribution >= 0.6 is 0 Å². The Bertz CT molecular complexity index is 1560. The summed E-state index contributed by atoms with van der Waals surface area (Å²) < 4.78 is 54.5. The molecule has 0 atom stereocenters. The van der Waals surface area contributed by atoms with Crippen LogP contribution in [-0.2, 0) is 6.18 Å². The number of alkyl halides is 3. The molecule has 164 valence electrons. The number of aromatic nitrogens is 5. The van der Waals surface area contributed by atoms with E-state index in [1.807, 2.05) is 0 Å². The molecule has 0 fully saturated rings. The molecule has 0 radical (unpaired) electrons. The Labute approximate surface area is 182 Å². The Kier molecular flexibility index (Phi) is 4.73. The number of anilines is 2. The lowest BCUT2D eigenvalue weighted by atomic mass is 10.1. The van der Waals surface area contributed by atoms with Crippen LogP contribution in [0.25, 0.3) is 27.9 Å². The fourth-order valence-corrected chi connectivity index (χ4v) is 3.26. The summed E-state index contributed by atoms with van der Waals surface area (Å²) in [7, 11) is 0. The third-order valence-corrected chi connectivity index (χ3v) is 4.83. The number of benzene rings is 2. The second-order valence-corrected chi connectivity index (χ2v) is 7.02. The van der Waals surface area contributed by atoms with Gasteiger partial charge in [0, 0.05) is 17.1 Å². The van der Waals surface area contributed by atoms with E-state index in [1.54, 1.807) is 12.1 Å². The molecule has 1 N–H and O–H groups in total. The predicted molar refractivity (Wildman–Crippen MR) is 112 cm³/mol. The Morgan fingerprint density at radius 3 is 2.48 bits per heavy atom. The Morgan fingerprint density at radius 2 is 1.73 bits per heavy atom. The fourth-order valence-electron chi connectivity index (χ4n) is 3.26. The first-order valence-electron chi connectivity index (χ1n) is 9.56. The molecule has 0 amide bonds. The molecule has 5 rings (SSSR count). The monoisotopic (exact) mass is 452 g/mol. The van der Waals surface area contributed by atoms with Crippen LogP contribution in [0, 0.1) is 5.82 Å². The van der Waals surface area contributed by atoms with E-state index in [4.69, 9.17) is 0 Å². The Hall–Kier alpha value is -4.41. The van der Waals surface area contributed by atoms with Crippen LogP contribution in [0.5, 0.6) is 0 Å². The molecule has 0 aliphatic heterocycles. The molecule has 0 saturated heterocycles. The van der Waals surface area contributed by atoms with Gasteiger partial charge in [-0.25, -0.2) is 19.3 Å². The zero-order valence-electron chi connectivity index (χ0n) is 16.5. The van der Waals surface area contributed by atoms with Gasteiger partial charge >= 0.3 is 6.18 Å². The molecule has 0 spiro atoms. The number of hydrogen-bond donors (Lipinski definition) is 1. The van der Waals surface area contributed by atoms with E-state index < -0.39 is 23.1 Å². The summed E-state index contributed by atoms with van der Waals surface area (Å²) >= 11 is 0. The summed E-state index contributed by atoms with van der Waals surface area (Å²) in [5.41, 5.74) is -0.624. The predicted octanol–water partition coefficient (Wildman–Crippen LogP) is 4.60. The van der Waals surface area contributed by atoms with Gasteiger partial charge in [0.1, 0.15) is 11.5 Å². The Balaban J connectivity index is 1.77. The highest BCUT2D eigenvalue weighted by Gasteiger charge is 2.31. The topological polar surface area (TPSA) is 85.1 Å². The van der Waals surface area contributed by atoms with Crippen molar-refractivity contribution < 1.29 is 17.6 Å². The SMILES string of the molecule is O=c1nccccc1Nc1nc2ccc(C(F)(F)F)cc2c2nc(-c3ccc(F)cc3)nn12. The number of nitrogens with zero attached hydrogens (tertiary/aromatic N) is 5. The lowest BCUT2D eigenvalue weighted by Gasteiger charge is -2.10. The molecule has 0 unspecified atom stereocenters. The van der Waals surface area contributed by atoms with E-state index >= 15 is 0 Å². The van der Waals surface area contributed by atoms with Crippen LogP contribution in [0.15, 0.2) is 71.7 Å². The molecule has 0 bridgehead atoms. The lowest BCUT2D eigenvalue weighted by Crippen LogP contribution is -2.12. The van der Waals surface area contributed by atoms with Crippen molar-refractivity contribution >= 4 is 28.2 Å². The second kappa shape index (κ2) is 7.62. The summed E-state index contributed by atoms with van der Waals surface area (Å²) in [5, 5.41) is 7.30. The van der Waals surface area contributed by atoms with E-state index in [0.717, 1.165) is 12.1 Å².